The Kier molecular flexibility index (Phi) is 4.95. The fourth-order valence-corrected chi connectivity index (χ4v) is 3.51. The molecule has 0 radical (unpaired) electrons. The predicted octanol–water partition coefficient (Wildman–Crippen LogP) is 4.28. The lowest BCUT2D eigenvalue weighted by molar-refractivity contribution is -0.119. The van der Waals surface area contributed by atoms with Crippen LogP contribution in [0.5, 0.6) is 0 Å². The molecule has 0 bridgehead atoms. The summed E-state index contributed by atoms with van der Waals surface area (Å²) in [4.78, 5) is 13.0. The second kappa shape index (κ2) is 6.70. The monoisotopic (exact) mass is 261 g/mol. The Bertz CT molecular complexity index is 412. The molecule has 1 aliphatic rings. The van der Waals surface area contributed by atoms with Crippen molar-refractivity contribution in [2.45, 2.75) is 50.9 Å². The molecule has 0 aromatic carbocycles. The molecular formula is C15H19NOS. The molecule has 18 heavy (non-hydrogen) atoms. The quantitative estimate of drug-likeness (QED) is 0.793. The molecule has 96 valence electrons. The van der Waals surface area contributed by atoms with Crippen LogP contribution in [0.15, 0.2) is 17.5 Å². The summed E-state index contributed by atoms with van der Waals surface area (Å²) >= 11 is 1.50. The van der Waals surface area contributed by atoms with Crippen LogP contribution in [-0.2, 0) is 4.79 Å². The van der Waals surface area contributed by atoms with Gasteiger partial charge in [0.15, 0.2) is 5.78 Å². The summed E-state index contributed by atoms with van der Waals surface area (Å²) < 4.78 is 0. The van der Waals surface area contributed by atoms with Crippen molar-refractivity contribution in [3.05, 3.63) is 22.4 Å². The van der Waals surface area contributed by atoms with Crippen LogP contribution in [0.3, 0.4) is 0 Å². The van der Waals surface area contributed by atoms with Gasteiger partial charge in [-0.1, -0.05) is 38.2 Å². The molecule has 3 heteroatoms. The summed E-state index contributed by atoms with van der Waals surface area (Å²) in [5.74, 6) is 0.282. The molecule has 1 aromatic heterocycles. The van der Waals surface area contributed by atoms with Gasteiger partial charge in [0.1, 0.15) is 5.92 Å². The number of thiophene rings is 1. The third kappa shape index (κ3) is 3.43. The SMILES string of the molecule is N#CC(C(=O)CCC1CCCCC1)c1cccs1. The summed E-state index contributed by atoms with van der Waals surface area (Å²) in [6.45, 7) is 0. The third-order valence-electron chi connectivity index (χ3n) is 3.80. The van der Waals surface area contributed by atoms with E-state index in [0.717, 1.165) is 11.3 Å². The van der Waals surface area contributed by atoms with Crippen LogP contribution in [0.4, 0.5) is 0 Å². The second-order valence-electron chi connectivity index (χ2n) is 5.09. The first kappa shape index (κ1) is 13.3. The number of carbonyl (C=O) groups is 1. The number of Topliss-reactive ketones (excluding diaryl/α,β-unsaturated/α-hetero) is 1. The average Bonchev–Trinajstić information content (AvgIpc) is 2.92. The summed E-state index contributed by atoms with van der Waals surface area (Å²) in [5.41, 5.74) is 0. The Balaban J connectivity index is 1.85. The number of carbonyl (C=O) groups excluding carboxylic acids is 1. The molecule has 2 nitrogen and oxygen atoms in total. The molecule has 1 heterocycles. The summed E-state index contributed by atoms with van der Waals surface area (Å²) in [5, 5.41) is 11.1. The average molecular weight is 261 g/mol. The van der Waals surface area contributed by atoms with Gasteiger partial charge < -0.3 is 0 Å². The van der Waals surface area contributed by atoms with Crippen molar-refractivity contribution in [2.24, 2.45) is 5.92 Å². The van der Waals surface area contributed by atoms with Crippen molar-refractivity contribution >= 4 is 17.1 Å². The van der Waals surface area contributed by atoms with Crippen LogP contribution in [0.25, 0.3) is 0 Å². The van der Waals surface area contributed by atoms with Crippen LogP contribution < -0.4 is 0 Å². The number of nitriles is 1. The molecule has 1 unspecified atom stereocenters. The second-order valence-corrected chi connectivity index (χ2v) is 6.07. The molecule has 0 spiro atoms. The minimum absolute atomic E-state index is 0.102. The van der Waals surface area contributed by atoms with Crippen LogP contribution >= 0.6 is 11.3 Å². The van der Waals surface area contributed by atoms with Gasteiger partial charge in [-0.25, -0.2) is 0 Å². The molecule has 0 aliphatic heterocycles. The maximum absolute atomic E-state index is 12.1. The zero-order valence-corrected chi connectivity index (χ0v) is 11.4. The molecule has 0 amide bonds. The molecule has 0 N–H and O–H groups in total. The first-order valence-corrected chi connectivity index (χ1v) is 7.65. The molecule has 0 saturated heterocycles. The van der Waals surface area contributed by atoms with E-state index in [1.807, 2.05) is 17.5 Å². The van der Waals surface area contributed by atoms with Crippen LogP contribution in [0, 0.1) is 17.2 Å². The topological polar surface area (TPSA) is 40.9 Å². The molecule has 1 aromatic rings. The number of rotatable bonds is 5. The van der Waals surface area contributed by atoms with Crippen molar-refractivity contribution < 1.29 is 4.79 Å². The first-order valence-electron chi connectivity index (χ1n) is 6.77. The smallest absolute Gasteiger partial charge is 0.155 e. The van der Waals surface area contributed by atoms with E-state index in [1.165, 1.54) is 43.4 Å². The molecule has 1 atom stereocenters. The highest BCUT2D eigenvalue weighted by molar-refractivity contribution is 7.10. The highest BCUT2D eigenvalue weighted by Gasteiger charge is 2.22. The van der Waals surface area contributed by atoms with E-state index >= 15 is 0 Å². The third-order valence-corrected chi connectivity index (χ3v) is 4.74. The minimum atomic E-state index is -0.534. The highest BCUT2D eigenvalue weighted by atomic mass is 32.1. The molecule has 2 rings (SSSR count). The Morgan fingerprint density at radius 2 is 2.22 bits per heavy atom. The summed E-state index contributed by atoms with van der Waals surface area (Å²) in [6.07, 6.45) is 8.05. The van der Waals surface area contributed by atoms with Crippen molar-refractivity contribution in [2.75, 3.05) is 0 Å². The molecule has 1 fully saturated rings. The normalized spacial score (nSPS) is 18.2. The number of ketones is 1. The van der Waals surface area contributed by atoms with Crippen LogP contribution in [0.2, 0.25) is 0 Å². The van der Waals surface area contributed by atoms with E-state index in [1.54, 1.807) is 0 Å². The summed E-state index contributed by atoms with van der Waals surface area (Å²) in [7, 11) is 0. The standard InChI is InChI=1S/C15H19NOS/c16-11-13(15-7-4-10-18-15)14(17)9-8-12-5-2-1-3-6-12/h4,7,10,12-13H,1-3,5-6,8-9H2. The Hall–Kier alpha value is -1.14. The number of hydrogen-bond acceptors (Lipinski definition) is 3. The fourth-order valence-electron chi connectivity index (χ4n) is 2.72. The molecule has 1 saturated carbocycles. The van der Waals surface area contributed by atoms with Crippen LogP contribution in [-0.4, -0.2) is 5.78 Å². The van der Waals surface area contributed by atoms with Gasteiger partial charge in [0.2, 0.25) is 0 Å². The van der Waals surface area contributed by atoms with Gasteiger partial charge in [-0.2, -0.15) is 5.26 Å². The lowest BCUT2D eigenvalue weighted by atomic mass is 9.84. The zero-order valence-electron chi connectivity index (χ0n) is 10.6. The van der Waals surface area contributed by atoms with Gasteiger partial charge in [-0.05, 0) is 23.8 Å². The maximum atomic E-state index is 12.1. The van der Waals surface area contributed by atoms with Gasteiger partial charge in [0.05, 0.1) is 6.07 Å². The Labute approximate surface area is 113 Å². The van der Waals surface area contributed by atoms with Gasteiger partial charge in [-0.3, -0.25) is 4.79 Å². The highest BCUT2D eigenvalue weighted by Crippen LogP contribution is 2.29. The van der Waals surface area contributed by atoms with E-state index in [2.05, 4.69) is 6.07 Å². The maximum Gasteiger partial charge on any atom is 0.155 e. The van der Waals surface area contributed by atoms with E-state index in [-0.39, 0.29) is 5.78 Å². The van der Waals surface area contributed by atoms with Gasteiger partial charge in [0.25, 0.3) is 0 Å². The molecular weight excluding hydrogens is 242 g/mol. The number of nitrogens with zero attached hydrogens (tertiary/aromatic N) is 1. The zero-order chi connectivity index (χ0) is 12.8. The van der Waals surface area contributed by atoms with E-state index in [4.69, 9.17) is 5.26 Å². The van der Waals surface area contributed by atoms with Crippen LogP contribution in [0.1, 0.15) is 55.7 Å². The Morgan fingerprint density at radius 1 is 1.44 bits per heavy atom. The lowest BCUT2D eigenvalue weighted by Gasteiger charge is -2.21. The predicted molar refractivity (Wildman–Crippen MR) is 73.5 cm³/mol. The van der Waals surface area contributed by atoms with Gasteiger partial charge in [0, 0.05) is 11.3 Å². The van der Waals surface area contributed by atoms with E-state index in [0.29, 0.717) is 12.3 Å². The van der Waals surface area contributed by atoms with Crippen molar-refractivity contribution in [3.63, 3.8) is 0 Å². The van der Waals surface area contributed by atoms with Crippen molar-refractivity contribution in [3.8, 4) is 6.07 Å². The fraction of sp³-hybridized carbons (Fsp3) is 0.600. The van der Waals surface area contributed by atoms with Crippen molar-refractivity contribution in [1.29, 1.82) is 5.26 Å². The molecule has 1 aliphatic carbocycles. The summed E-state index contributed by atoms with van der Waals surface area (Å²) in [6, 6.07) is 5.94. The van der Waals surface area contributed by atoms with Gasteiger partial charge >= 0.3 is 0 Å². The largest absolute Gasteiger partial charge is 0.298 e. The minimum Gasteiger partial charge on any atom is -0.298 e. The number of hydrogen-bond donors (Lipinski definition) is 0. The first-order chi connectivity index (χ1) is 8.81. The van der Waals surface area contributed by atoms with Crippen molar-refractivity contribution in [1.82, 2.24) is 0 Å². The van der Waals surface area contributed by atoms with E-state index in [9.17, 15) is 4.79 Å². The Morgan fingerprint density at radius 3 is 2.83 bits per heavy atom. The lowest BCUT2D eigenvalue weighted by Crippen LogP contribution is -2.13. The van der Waals surface area contributed by atoms with Gasteiger partial charge in [-0.15, -0.1) is 11.3 Å². The van der Waals surface area contributed by atoms with E-state index < -0.39 is 5.92 Å².